The SMILES string of the molecule is CCOC(=O)CN1CCc2ccc(-c3noc(-c4ccc5c(ccn5C(C)C)c4)n3)cc2C1. The minimum atomic E-state index is -0.180. The van der Waals surface area contributed by atoms with Gasteiger partial charge in [0.05, 0.1) is 13.2 Å². The first kappa shape index (κ1) is 21.4. The molecule has 0 spiro atoms. The molecule has 7 nitrogen and oxygen atoms in total. The number of nitrogens with zero attached hydrogens (tertiary/aromatic N) is 4. The molecule has 0 amide bonds. The molecular weight excluding hydrogens is 416 g/mol. The quantitative estimate of drug-likeness (QED) is 0.396. The molecule has 0 bridgehead atoms. The van der Waals surface area contributed by atoms with Gasteiger partial charge in [0.25, 0.3) is 5.89 Å². The first-order chi connectivity index (χ1) is 16.0. The average Bonchev–Trinajstić information content (AvgIpc) is 3.46. The molecule has 7 heteroatoms. The van der Waals surface area contributed by atoms with Crippen molar-refractivity contribution in [3.63, 3.8) is 0 Å². The molecule has 0 atom stereocenters. The number of esters is 1. The zero-order chi connectivity index (χ0) is 22.9. The van der Waals surface area contributed by atoms with E-state index >= 15 is 0 Å². The highest BCUT2D eigenvalue weighted by molar-refractivity contribution is 5.84. The summed E-state index contributed by atoms with van der Waals surface area (Å²) in [6.07, 6.45) is 3.01. The van der Waals surface area contributed by atoms with Crippen LogP contribution in [-0.2, 0) is 22.5 Å². The van der Waals surface area contributed by atoms with Gasteiger partial charge in [-0.1, -0.05) is 17.3 Å². The topological polar surface area (TPSA) is 73.4 Å². The third kappa shape index (κ3) is 4.28. The Balaban J connectivity index is 1.37. The molecule has 0 radical (unpaired) electrons. The highest BCUT2D eigenvalue weighted by atomic mass is 16.5. The Morgan fingerprint density at radius 1 is 1.12 bits per heavy atom. The lowest BCUT2D eigenvalue weighted by Crippen LogP contribution is -2.35. The van der Waals surface area contributed by atoms with Crippen LogP contribution in [0.5, 0.6) is 0 Å². The molecule has 3 heterocycles. The van der Waals surface area contributed by atoms with Crippen molar-refractivity contribution in [1.82, 2.24) is 19.6 Å². The molecule has 5 rings (SSSR count). The molecule has 1 aliphatic rings. The number of benzene rings is 2. The van der Waals surface area contributed by atoms with E-state index in [0.717, 1.165) is 29.5 Å². The number of carbonyl (C=O) groups excluding carboxylic acids is 1. The van der Waals surface area contributed by atoms with Crippen molar-refractivity contribution in [3.05, 3.63) is 59.8 Å². The number of hydrogen-bond acceptors (Lipinski definition) is 6. The monoisotopic (exact) mass is 444 g/mol. The molecule has 0 aliphatic carbocycles. The molecule has 0 fully saturated rings. The molecule has 2 aromatic carbocycles. The highest BCUT2D eigenvalue weighted by Crippen LogP contribution is 2.29. The molecule has 170 valence electrons. The Morgan fingerprint density at radius 2 is 1.97 bits per heavy atom. The summed E-state index contributed by atoms with van der Waals surface area (Å²) in [6, 6.07) is 15.0. The molecule has 4 aromatic rings. The second kappa shape index (κ2) is 8.83. The fourth-order valence-electron chi connectivity index (χ4n) is 4.48. The van der Waals surface area contributed by atoms with Crippen molar-refractivity contribution in [3.8, 4) is 22.8 Å². The maximum absolute atomic E-state index is 11.9. The van der Waals surface area contributed by atoms with Crippen LogP contribution >= 0.6 is 0 Å². The number of hydrogen-bond donors (Lipinski definition) is 0. The molecule has 0 N–H and O–H groups in total. The second-order valence-corrected chi connectivity index (χ2v) is 8.76. The summed E-state index contributed by atoms with van der Waals surface area (Å²) in [5.74, 6) is 0.890. The number of carbonyl (C=O) groups is 1. The van der Waals surface area contributed by atoms with Gasteiger partial charge >= 0.3 is 5.97 Å². The smallest absolute Gasteiger partial charge is 0.320 e. The van der Waals surface area contributed by atoms with Crippen molar-refractivity contribution in [2.24, 2.45) is 0 Å². The summed E-state index contributed by atoms with van der Waals surface area (Å²) >= 11 is 0. The predicted molar refractivity (Wildman–Crippen MR) is 127 cm³/mol. The normalized spacial score (nSPS) is 14.1. The second-order valence-electron chi connectivity index (χ2n) is 8.76. The van der Waals surface area contributed by atoms with Crippen molar-refractivity contribution in [1.29, 1.82) is 0 Å². The maximum Gasteiger partial charge on any atom is 0.320 e. The van der Waals surface area contributed by atoms with Crippen LogP contribution in [0.3, 0.4) is 0 Å². The summed E-state index contributed by atoms with van der Waals surface area (Å²) in [7, 11) is 0. The van der Waals surface area contributed by atoms with Crippen LogP contribution in [0.1, 0.15) is 37.9 Å². The lowest BCUT2D eigenvalue weighted by molar-refractivity contribution is -0.144. The summed E-state index contributed by atoms with van der Waals surface area (Å²) in [5, 5.41) is 5.39. The fourth-order valence-corrected chi connectivity index (χ4v) is 4.48. The first-order valence-corrected chi connectivity index (χ1v) is 11.5. The van der Waals surface area contributed by atoms with E-state index in [1.54, 1.807) is 0 Å². The molecule has 0 saturated carbocycles. The number of aromatic nitrogens is 3. The van der Waals surface area contributed by atoms with E-state index in [1.807, 2.05) is 19.1 Å². The molecule has 1 aliphatic heterocycles. The highest BCUT2D eigenvalue weighted by Gasteiger charge is 2.20. The third-order valence-electron chi connectivity index (χ3n) is 6.16. The van der Waals surface area contributed by atoms with Crippen LogP contribution in [0.4, 0.5) is 0 Å². The van der Waals surface area contributed by atoms with Gasteiger partial charge in [0.2, 0.25) is 5.82 Å². The van der Waals surface area contributed by atoms with E-state index in [9.17, 15) is 4.79 Å². The molecule has 33 heavy (non-hydrogen) atoms. The van der Waals surface area contributed by atoms with Crippen LogP contribution in [0, 0.1) is 0 Å². The lowest BCUT2D eigenvalue weighted by atomic mass is 9.97. The van der Waals surface area contributed by atoms with Crippen molar-refractivity contribution in [2.75, 3.05) is 19.7 Å². The zero-order valence-corrected chi connectivity index (χ0v) is 19.2. The maximum atomic E-state index is 11.9. The molecule has 0 saturated heterocycles. The van der Waals surface area contributed by atoms with Gasteiger partial charge < -0.3 is 13.8 Å². The largest absolute Gasteiger partial charge is 0.465 e. The standard InChI is InChI=1S/C26H28N4O3/c1-4-32-24(31)16-29-11-9-18-5-6-20(14-22(18)15-29)25-27-26(33-28-25)21-7-8-23-19(13-21)10-12-30(23)17(2)3/h5-8,10,12-14,17H,4,9,11,15-16H2,1-3H3. The van der Waals surface area contributed by atoms with Gasteiger partial charge in [-0.3, -0.25) is 9.69 Å². The third-order valence-corrected chi connectivity index (χ3v) is 6.16. The number of rotatable bonds is 6. The van der Waals surface area contributed by atoms with Crippen LogP contribution in [0.15, 0.2) is 53.2 Å². The van der Waals surface area contributed by atoms with Gasteiger partial charge in [0.15, 0.2) is 0 Å². The molecule has 0 unspecified atom stereocenters. The van der Waals surface area contributed by atoms with Crippen molar-refractivity contribution in [2.45, 2.75) is 39.8 Å². The summed E-state index contributed by atoms with van der Waals surface area (Å²) in [4.78, 5) is 18.7. The van der Waals surface area contributed by atoms with E-state index in [4.69, 9.17) is 9.26 Å². The summed E-state index contributed by atoms with van der Waals surface area (Å²) in [6.45, 7) is 8.44. The van der Waals surface area contributed by atoms with Gasteiger partial charge in [0, 0.05) is 47.4 Å². The number of ether oxygens (including phenoxy) is 1. The van der Waals surface area contributed by atoms with E-state index in [-0.39, 0.29) is 5.97 Å². The Labute approximate surface area is 193 Å². The summed E-state index contributed by atoms with van der Waals surface area (Å²) < 4.78 is 13.0. The predicted octanol–water partition coefficient (Wildman–Crippen LogP) is 4.86. The first-order valence-electron chi connectivity index (χ1n) is 11.5. The Hall–Kier alpha value is -3.45. The van der Waals surface area contributed by atoms with Gasteiger partial charge in [0.1, 0.15) is 0 Å². The Morgan fingerprint density at radius 3 is 2.79 bits per heavy atom. The number of fused-ring (bicyclic) bond motifs is 2. The van der Waals surface area contributed by atoms with Crippen LogP contribution in [0.2, 0.25) is 0 Å². The van der Waals surface area contributed by atoms with E-state index in [1.165, 1.54) is 16.6 Å². The van der Waals surface area contributed by atoms with Gasteiger partial charge in [-0.25, -0.2) is 0 Å². The van der Waals surface area contributed by atoms with Crippen molar-refractivity contribution >= 4 is 16.9 Å². The molecular formula is C26H28N4O3. The van der Waals surface area contributed by atoms with Crippen LogP contribution in [-0.4, -0.2) is 45.3 Å². The van der Waals surface area contributed by atoms with E-state index in [2.05, 4.69) is 70.0 Å². The minimum Gasteiger partial charge on any atom is -0.465 e. The summed E-state index contributed by atoms with van der Waals surface area (Å²) in [5.41, 5.74) is 5.49. The van der Waals surface area contributed by atoms with Crippen LogP contribution < -0.4 is 0 Å². The fraction of sp³-hybridized carbons (Fsp3) is 0.346. The lowest BCUT2D eigenvalue weighted by Gasteiger charge is -2.28. The Bertz CT molecular complexity index is 1300. The average molecular weight is 445 g/mol. The van der Waals surface area contributed by atoms with Gasteiger partial charge in [-0.15, -0.1) is 0 Å². The molecule has 2 aromatic heterocycles. The van der Waals surface area contributed by atoms with Crippen LogP contribution in [0.25, 0.3) is 33.7 Å². The van der Waals surface area contributed by atoms with E-state index < -0.39 is 0 Å². The minimum absolute atomic E-state index is 0.180. The van der Waals surface area contributed by atoms with Crippen molar-refractivity contribution < 1.29 is 14.1 Å². The zero-order valence-electron chi connectivity index (χ0n) is 19.2. The van der Waals surface area contributed by atoms with Gasteiger partial charge in [-0.2, -0.15) is 4.98 Å². The van der Waals surface area contributed by atoms with E-state index in [0.29, 0.717) is 37.5 Å². The van der Waals surface area contributed by atoms with Gasteiger partial charge in [-0.05, 0) is 68.7 Å². The Kier molecular flexibility index (Phi) is 5.72.